The summed E-state index contributed by atoms with van der Waals surface area (Å²) in [6, 6.07) is 0. The standard InChI is InChI=1S/C3H4BCl/c4-2-1-3-5/h1,3H,2H2/b3-1+. The van der Waals surface area contributed by atoms with Crippen molar-refractivity contribution in [2.75, 3.05) is 0 Å². The summed E-state index contributed by atoms with van der Waals surface area (Å²) >= 11 is 5.04. The molecule has 0 aliphatic carbocycles. The van der Waals surface area contributed by atoms with E-state index in [2.05, 4.69) is 0 Å². The van der Waals surface area contributed by atoms with Crippen LogP contribution in [0.15, 0.2) is 11.6 Å². The van der Waals surface area contributed by atoms with Gasteiger partial charge in [-0.05, 0) is 5.54 Å². The van der Waals surface area contributed by atoms with Crippen molar-refractivity contribution < 1.29 is 0 Å². The second kappa shape index (κ2) is 4.09. The van der Waals surface area contributed by atoms with Gasteiger partial charge in [-0.15, -0.1) is 0 Å². The Bertz CT molecular complexity index is 33.9. The zero-order valence-electron chi connectivity index (χ0n) is 2.82. The van der Waals surface area contributed by atoms with Gasteiger partial charge in [0.05, 0.1) is 7.85 Å². The van der Waals surface area contributed by atoms with Crippen LogP contribution in [-0.4, -0.2) is 7.85 Å². The predicted octanol–water partition coefficient (Wildman–Crippen LogP) is 1.33. The highest BCUT2D eigenvalue weighted by molar-refractivity contribution is 6.25. The highest BCUT2D eigenvalue weighted by Crippen LogP contribution is 1.78. The van der Waals surface area contributed by atoms with Crippen LogP contribution in [0.25, 0.3) is 0 Å². The maximum Gasteiger partial charge on any atom is 0.0708 e. The van der Waals surface area contributed by atoms with Crippen molar-refractivity contribution in [1.29, 1.82) is 0 Å². The molecule has 26 valence electrons. The van der Waals surface area contributed by atoms with Gasteiger partial charge in [0.2, 0.25) is 0 Å². The fraction of sp³-hybridized carbons (Fsp3) is 0.333. The van der Waals surface area contributed by atoms with E-state index >= 15 is 0 Å². The van der Waals surface area contributed by atoms with Gasteiger partial charge in [0.1, 0.15) is 0 Å². The largest absolute Gasteiger partial charge is 0.0933 e. The van der Waals surface area contributed by atoms with Gasteiger partial charge in [-0.1, -0.05) is 24.0 Å². The van der Waals surface area contributed by atoms with Crippen LogP contribution in [0, 0.1) is 0 Å². The number of hydrogen-bond donors (Lipinski definition) is 0. The van der Waals surface area contributed by atoms with Crippen molar-refractivity contribution in [3.8, 4) is 0 Å². The quantitative estimate of drug-likeness (QED) is 0.422. The van der Waals surface area contributed by atoms with Gasteiger partial charge in [-0.3, -0.25) is 0 Å². The first kappa shape index (κ1) is 5.09. The molecule has 2 heteroatoms. The first-order valence-electron chi connectivity index (χ1n) is 1.37. The molecule has 0 spiro atoms. The lowest BCUT2D eigenvalue weighted by Gasteiger charge is -1.63. The normalized spacial score (nSPS) is 9.80. The average molecular weight is 86.3 g/mol. The molecule has 0 aliphatic rings. The summed E-state index contributed by atoms with van der Waals surface area (Å²) in [6.45, 7) is 0. The van der Waals surface area contributed by atoms with Gasteiger partial charge >= 0.3 is 0 Å². The van der Waals surface area contributed by atoms with Gasteiger partial charge in [0.15, 0.2) is 0 Å². The third-order valence-corrected chi connectivity index (χ3v) is 0.403. The van der Waals surface area contributed by atoms with Crippen LogP contribution in [0.4, 0.5) is 0 Å². The Hall–Kier alpha value is 0.0949. The lowest BCUT2D eigenvalue weighted by atomic mass is 10.1. The number of halogens is 1. The Kier molecular flexibility index (Phi) is 4.17. The van der Waals surface area contributed by atoms with E-state index in [1.807, 2.05) is 0 Å². The third kappa shape index (κ3) is 4.09. The van der Waals surface area contributed by atoms with Gasteiger partial charge in [-0.25, -0.2) is 0 Å². The highest BCUT2D eigenvalue weighted by atomic mass is 35.5. The molecule has 0 nitrogen and oxygen atoms in total. The Morgan fingerprint density at radius 2 is 2.40 bits per heavy atom. The summed E-state index contributed by atoms with van der Waals surface area (Å²) in [6.07, 6.45) is 2.20. The minimum absolute atomic E-state index is 0.531. The molecule has 0 aromatic rings. The van der Waals surface area contributed by atoms with Crippen molar-refractivity contribution in [2.45, 2.75) is 6.32 Å². The van der Waals surface area contributed by atoms with E-state index in [0.717, 1.165) is 0 Å². The summed E-state index contributed by atoms with van der Waals surface area (Å²) in [4.78, 5) is 0. The fourth-order valence-corrected chi connectivity index (χ4v) is 0.154. The predicted molar refractivity (Wildman–Crippen MR) is 25.6 cm³/mol. The monoisotopic (exact) mass is 86.0 g/mol. The number of hydrogen-bond acceptors (Lipinski definition) is 0. The Balaban J connectivity index is 2.62. The van der Waals surface area contributed by atoms with Gasteiger partial charge in [0.25, 0.3) is 0 Å². The van der Waals surface area contributed by atoms with E-state index in [4.69, 9.17) is 19.4 Å². The zero-order valence-corrected chi connectivity index (χ0v) is 3.57. The minimum Gasteiger partial charge on any atom is -0.0933 e. The van der Waals surface area contributed by atoms with E-state index in [1.54, 1.807) is 6.08 Å². The van der Waals surface area contributed by atoms with Crippen molar-refractivity contribution >= 4 is 19.4 Å². The van der Waals surface area contributed by atoms with Crippen molar-refractivity contribution in [3.63, 3.8) is 0 Å². The van der Waals surface area contributed by atoms with Crippen molar-refractivity contribution in [2.24, 2.45) is 0 Å². The van der Waals surface area contributed by atoms with Crippen molar-refractivity contribution in [1.82, 2.24) is 0 Å². The zero-order chi connectivity index (χ0) is 4.12. The first-order valence-corrected chi connectivity index (χ1v) is 1.80. The molecule has 2 radical (unpaired) electrons. The van der Waals surface area contributed by atoms with Crippen LogP contribution in [0.5, 0.6) is 0 Å². The maximum atomic E-state index is 5.04. The van der Waals surface area contributed by atoms with Crippen LogP contribution in [0.2, 0.25) is 6.32 Å². The van der Waals surface area contributed by atoms with E-state index < -0.39 is 0 Å². The van der Waals surface area contributed by atoms with Gasteiger partial charge in [0, 0.05) is 0 Å². The molecule has 0 aromatic heterocycles. The number of allylic oxidation sites excluding steroid dienone is 1. The summed E-state index contributed by atoms with van der Waals surface area (Å²) in [5.74, 6) is 0. The molecule has 0 bridgehead atoms. The van der Waals surface area contributed by atoms with Crippen LogP contribution in [0.3, 0.4) is 0 Å². The lowest BCUT2D eigenvalue weighted by molar-refractivity contribution is 1.75. The van der Waals surface area contributed by atoms with Gasteiger partial charge < -0.3 is 0 Å². The summed E-state index contributed by atoms with van der Waals surface area (Å²) < 4.78 is 0. The lowest BCUT2D eigenvalue weighted by Crippen LogP contribution is -1.49. The second-order valence-corrected chi connectivity index (χ2v) is 0.849. The smallest absolute Gasteiger partial charge is 0.0708 e. The molecule has 0 heterocycles. The molecule has 0 amide bonds. The van der Waals surface area contributed by atoms with E-state index in [-0.39, 0.29) is 0 Å². The van der Waals surface area contributed by atoms with E-state index in [9.17, 15) is 0 Å². The van der Waals surface area contributed by atoms with Crippen LogP contribution in [0.1, 0.15) is 0 Å². The summed E-state index contributed by atoms with van der Waals surface area (Å²) in [5.41, 5.74) is 1.40. The van der Waals surface area contributed by atoms with E-state index in [0.29, 0.717) is 6.32 Å². The number of rotatable bonds is 1. The highest BCUT2D eigenvalue weighted by Gasteiger charge is 1.54. The molecule has 0 N–H and O–H groups in total. The van der Waals surface area contributed by atoms with Crippen molar-refractivity contribution in [3.05, 3.63) is 11.6 Å². The molecular formula is C3H4BCl. The summed E-state index contributed by atoms with van der Waals surface area (Å²) in [5, 5.41) is 0. The molecule has 0 fully saturated rings. The molecule has 0 aromatic carbocycles. The van der Waals surface area contributed by atoms with E-state index in [1.165, 1.54) is 5.54 Å². The Morgan fingerprint density at radius 3 is 2.40 bits per heavy atom. The first-order chi connectivity index (χ1) is 2.41. The molecule has 0 rings (SSSR count). The Labute approximate surface area is 38.2 Å². The van der Waals surface area contributed by atoms with Crippen LogP contribution < -0.4 is 0 Å². The Morgan fingerprint density at radius 1 is 1.80 bits per heavy atom. The average Bonchev–Trinajstić information content (AvgIpc) is 1.41. The molecule has 0 aliphatic heterocycles. The minimum atomic E-state index is 0.531. The molecule has 0 unspecified atom stereocenters. The molecule has 0 saturated heterocycles. The second-order valence-electron chi connectivity index (χ2n) is 0.597. The molecule has 5 heavy (non-hydrogen) atoms. The molecule has 0 atom stereocenters. The molecule has 0 saturated carbocycles. The topological polar surface area (TPSA) is 0 Å². The van der Waals surface area contributed by atoms with Crippen LogP contribution in [-0.2, 0) is 0 Å². The SMILES string of the molecule is [B]C/C=C/Cl. The summed E-state index contributed by atoms with van der Waals surface area (Å²) in [7, 11) is 4.97. The fourth-order valence-electron chi connectivity index (χ4n) is 0.0514. The molecular weight excluding hydrogens is 82.3 g/mol. The van der Waals surface area contributed by atoms with Gasteiger partial charge in [-0.2, -0.15) is 0 Å². The maximum absolute atomic E-state index is 5.04. The third-order valence-electron chi connectivity index (χ3n) is 0.225. The van der Waals surface area contributed by atoms with Crippen LogP contribution >= 0.6 is 11.6 Å².